The standard InChI is InChI=1S/C18H20N2O2/c1-2-9-20(16(5-1)15-4-3-8-19-11-15)12-14-6-7-17-18(10-14)22-13-21-17/h3-4,6-8,10-11,16H,1-2,5,9,12-13H2/t16-/m1/s1. The summed E-state index contributed by atoms with van der Waals surface area (Å²) in [6.45, 7) is 2.41. The summed E-state index contributed by atoms with van der Waals surface area (Å²) in [4.78, 5) is 6.84. The van der Waals surface area contributed by atoms with Crippen molar-refractivity contribution < 1.29 is 9.47 Å². The van der Waals surface area contributed by atoms with Crippen molar-refractivity contribution in [3.05, 3.63) is 53.9 Å². The highest BCUT2D eigenvalue weighted by molar-refractivity contribution is 5.44. The van der Waals surface area contributed by atoms with Crippen molar-refractivity contribution in [3.63, 3.8) is 0 Å². The molecule has 0 unspecified atom stereocenters. The molecule has 0 N–H and O–H groups in total. The largest absolute Gasteiger partial charge is 0.454 e. The van der Waals surface area contributed by atoms with Crippen LogP contribution in [0.1, 0.15) is 36.4 Å². The number of hydrogen-bond donors (Lipinski definition) is 0. The Labute approximate surface area is 130 Å². The second-order valence-electron chi connectivity index (χ2n) is 5.96. The van der Waals surface area contributed by atoms with Gasteiger partial charge in [0.25, 0.3) is 0 Å². The third-order valence-electron chi connectivity index (χ3n) is 4.51. The van der Waals surface area contributed by atoms with Gasteiger partial charge >= 0.3 is 0 Å². The molecule has 3 heterocycles. The molecule has 4 nitrogen and oxygen atoms in total. The van der Waals surface area contributed by atoms with Gasteiger partial charge in [0.05, 0.1) is 0 Å². The van der Waals surface area contributed by atoms with Gasteiger partial charge in [-0.3, -0.25) is 9.88 Å². The fourth-order valence-electron chi connectivity index (χ4n) is 3.40. The summed E-state index contributed by atoms with van der Waals surface area (Å²) in [5.74, 6) is 1.72. The second kappa shape index (κ2) is 5.97. The van der Waals surface area contributed by atoms with Crippen molar-refractivity contribution in [2.24, 2.45) is 0 Å². The van der Waals surface area contributed by atoms with Crippen molar-refractivity contribution >= 4 is 0 Å². The molecule has 0 aliphatic carbocycles. The monoisotopic (exact) mass is 296 g/mol. The molecule has 0 amide bonds. The van der Waals surface area contributed by atoms with E-state index >= 15 is 0 Å². The van der Waals surface area contributed by atoms with Crippen molar-refractivity contribution in [1.29, 1.82) is 0 Å². The van der Waals surface area contributed by atoms with Crippen LogP contribution in [0, 0.1) is 0 Å². The van der Waals surface area contributed by atoms with E-state index < -0.39 is 0 Å². The molecule has 2 aliphatic rings. The lowest BCUT2D eigenvalue weighted by atomic mass is 9.96. The molecule has 0 radical (unpaired) electrons. The van der Waals surface area contributed by atoms with Crippen LogP contribution in [0.2, 0.25) is 0 Å². The van der Waals surface area contributed by atoms with Crippen LogP contribution >= 0.6 is 0 Å². The number of aromatic nitrogens is 1. The first kappa shape index (κ1) is 13.6. The van der Waals surface area contributed by atoms with Gasteiger partial charge in [-0.05, 0) is 48.7 Å². The molecule has 1 aromatic heterocycles. The summed E-state index contributed by atoms with van der Waals surface area (Å²) in [5, 5.41) is 0. The van der Waals surface area contributed by atoms with Crippen LogP contribution in [0.5, 0.6) is 11.5 Å². The number of pyridine rings is 1. The summed E-state index contributed by atoms with van der Waals surface area (Å²) in [7, 11) is 0. The Kier molecular flexibility index (Phi) is 3.69. The van der Waals surface area contributed by atoms with Crippen LogP contribution in [-0.4, -0.2) is 23.2 Å². The lowest BCUT2D eigenvalue weighted by Crippen LogP contribution is -2.32. The van der Waals surface area contributed by atoms with Crippen molar-refractivity contribution in [2.75, 3.05) is 13.3 Å². The lowest BCUT2D eigenvalue weighted by Gasteiger charge is -2.36. The van der Waals surface area contributed by atoms with Gasteiger partial charge in [-0.15, -0.1) is 0 Å². The summed E-state index contributed by atoms with van der Waals surface area (Å²) in [5.41, 5.74) is 2.60. The third kappa shape index (κ3) is 2.66. The van der Waals surface area contributed by atoms with Crippen LogP contribution in [0.25, 0.3) is 0 Å². The smallest absolute Gasteiger partial charge is 0.231 e. The fraction of sp³-hybridized carbons (Fsp3) is 0.389. The summed E-state index contributed by atoms with van der Waals surface area (Å²) in [6, 6.07) is 11.0. The second-order valence-corrected chi connectivity index (χ2v) is 5.96. The molecular weight excluding hydrogens is 276 g/mol. The normalized spacial score (nSPS) is 21.0. The van der Waals surface area contributed by atoms with E-state index in [4.69, 9.17) is 9.47 Å². The minimum Gasteiger partial charge on any atom is -0.454 e. The maximum atomic E-state index is 5.49. The maximum absolute atomic E-state index is 5.49. The highest BCUT2D eigenvalue weighted by Gasteiger charge is 2.24. The zero-order valence-corrected chi connectivity index (χ0v) is 12.6. The SMILES string of the molecule is c1cncc([C@H]2CCCCN2Cc2ccc3c(c2)OCO3)c1. The molecule has 2 aromatic rings. The molecular formula is C18H20N2O2. The van der Waals surface area contributed by atoms with Gasteiger partial charge < -0.3 is 9.47 Å². The molecule has 1 aromatic carbocycles. The van der Waals surface area contributed by atoms with E-state index in [0.29, 0.717) is 12.8 Å². The molecule has 0 spiro atoms. The van der Waals surface area contributed by atoms with Crippen LogP contribution in [0.3, 0.4) is 0 Å². The minimum atomic E-state index is 0.334. The first-order valence-electron chi connectivity index (χ1n) is 7.93. The highest BCUT2D eigenvalue weighted by atomic mass is 16.7. The van der Waals surface area contributed by atoms with E-state index in [0.717, 1.165) is 24.6 Å². The topological polar surface area (TPSA) is 34.6 Å². The number of rotatable bonds is 3. The molecule has 2 aliphatic heterocycles. The molecule has 0 bridgehead atoms. The van der Waals surface area contributed by atoms with Gasteiger partial charge in [-0.1, -0.05) is 18.6 Å². The Morgan fingerprint density at radius 2 is 2.09 bits per heavy atom. The molecule has 22 heavy (non-hydrogen) atoms. The Bertz CT molecular complexity index is 645. The number of benzene rings is 1. The minimum absolute atomic E-state index is 0.334. The van der Waals surface area contributed by atoms with Crippen LogP contribution in [-0.2, 0) is 6.54 Å². The molecule has 1 atom stereocenters. The predicted molar refractivity (Wildman–Crippen MR) is 83.8 cm³/mol. The van der Waals surface area contributed by atoms with Gasteiger partial charge in [0.1, 0.15) is 0 Å². The third-order valence-corrected chi connectivity index (χ3v) is 4.51. The van der Waals surface area contributed by atoms with E-state index in [-0.39, 0.29) is 0 Å². The fourth-order valence-corrected chi connectivity index (χ4v) is 3.40. The van der Waals surface area contributed by atoms with Crippen LogP contribution in [0.4, 0.5) is 0 Å². The Balaban J connectivity index is 1.55. The number of hydrogen-bond acceptors (Lipinski definition) is 4. The Morgan fingerprint density at radius 3 is 3.00 bits per heavy atom. The average molecular weight is 296 g/mol. The first-order chi connectivity index (χ1) is 10.9. The zero-order chi connectivity index (χ0) is 14.8. The van der Waals surface area contributed by atoms with Crippen molar-refractivity contribution in [2.45, 2.75) is 31.8 Å². The van der Waals surface area contributed by atoms with E-state index in [1.54, 1.807) is 0 Å². The number of piperidine rings is 1. The number of nitrogens with zero attached hydrogens (tertiary/aromatic N) is 2. The summed E-state index contributed by atoms with van der Waals surface area (Å²) in [6.07, 6.45) is 7.60. The van der Waals surface area contributed by atoms with Crippen molar-refractivity contribution in [1.82, 2.24) is 9.88 Å². The summed E-state index contributed by atoms with van der Waals surface area (Å²) < 4.78 is 10.9. The van der Waals surface area contributed by atoms with Gasteiger partial charge in [-0.2, -0.15) is 0 Å². The van der Waals surface area contributed by atoms with Crippen molar-refractivity contribution in [3.8, 4) is 11.5 Å². The molecule has 1 fully saturated rings. The maximum Gasteiger partial charge on any atom is 0.231 e. The van der Waals surface area contributed by atoms with E-state index in [1.165, 1.54) is 30.4 Å². The number of ether oxygens (including phenoxy) is 2. The van der Waals surface area contributed by atoms with E-state index in [9.17, 15) is 0 Å². The quantitative estimate of drug-likeness (QED) is 0.867. The highest BCUT2D eigenvalue weighted by Crippen LogP contribution is 2.35. The average Bonchev–Trinajstić information content (AvgIpc) is 3.04. The molecule has 4 heteroatoms. The Hall–Kier alpha value is -2.07. The number of fused-ring (bicyclic) bond motifs is 1. The molecule has 0 saturated carbocycles. The molecule has 114 valence electrons. The van der Waals surface area contributed by atoms with E-state index in [2.05, 4.69) is 28.1 Å². The van der Waals surface area contributed by atoms with Crippen LogP contribution < -0.4 is 9.47 Å². The zero-order valence-electron chi connectivity index (χ0n) is 12.6. The molecule has 4 rings (SSSR count). The summed E-state index contributed by atoms with van der Waals surface area (Å²) >= 11 is 0. The van der Waals surface area contributed by atoms with Gasteiger partial charge in [0.15, 0.2) is 11.5 Å². The van der Waals surface area contributed by atoms with Gasteiger partial charge in [0.2, 0.25) is 6.79 Å². The molecule has 1 saturated heterocycles. The van der Waals surface area contributed by atoms with Gasteiger partial charge in [-0.25, -0.2) is 0 Å². The van der Waals surface area contributed by atoms with Crippen LogP contribution in [0.15, 0.2) is 42.7 Å². The number of likely N-dealkylation sites (tertiary alicyclic amines) is 1. The van der Waals surface area contributed by atoms with E-state index in [1.807, 2.05) is 24.5 Å². The van der Waals surface area contributed by atoms with Gasteiger partial charge in [0, 0.05) is 25.0 Å². The Morgan fingerprint density at radius 1 is 1.14 bits per heavy atom. The lowest BCUT2D eigenvalue weighted by molar-refractivity contribution is 0.140. The first-order valence-corrected chi connectivity index (χ1v) is 7.93. The predicted octanol–water partition coefficient (Wildman–Crippen LogP) is 3.54.